The number of ether oxygens (including phenoxy) is 1. The third-order valence-electron chi connectivity index (χ3n) is 2.95. The summed E-state index contributed by atoms with van der Waals surface area (Å²) in [5.41, 5.74) is 0. The van der Waals surface area contributed by atoms with Gasteiger partial charge < -0.3 is 20.1 Å². The van der Waals surface area contributed by atoms with Gasteiger partial charge in [-0.3, -0.25) is 0 Å². The van der Waals surface area contributed by atoms with Crippen LogP contribution in [-0.4, -0.2) is 62.0 Å². The molecule has 1 aliphatic heterocycles. The van der Waals surface area contributed by atoms with E-state index in [4.69, 9.17) is 9.84 Å². The first-order chi connectivity index (χ1) is 7.13. The Balaban J connectivity index is 2.23. The molecule has 15 heavy (non-hydrogen) atoms. The van der Waals surface area contributed by atoms with Crippen molar-refractivity contribution in [3.8, 4) is 0 Å². The Morgan fingerprint density at radius 3 is 2.80 bits per heavy atom. The van der Waals surface area contributed by atoms with Crippen molar-refractivity contribution in [3.63, 3.8) is 0 Å². The van der Waals surface area contributed by atoms with Gasteiger partial charge >= 0.3 is 0 Å². The van der Waals surface area contributed by atoms with Crippen molar-refractivity contribution in [2.75, 3.05) is 39.9 Å². The molecular formula is C11H24N2O2. The van der Waals surface area contributed by atoms with Crippen LogP contribution in [0.25, 0.3) is 0 Å². The zero-order chi connectivity index (χ0) is 11.3. The van der Waals surface area contributed by atoms with Crippen molar-refractivity contribution in [1.82, 2.24) is 10.2 Å². The first-order valence-corrected chi connectivity index (χ1v) is 5.78. The van der Waals surface area contributed by atoms with E-state index in [2.05, 4.69) is 31.1 Å². The van der Waals surface area contributed by atoms with E-state index < -0.39 is 0 Å². The zero-order valence-electron chi connectivity index (χ0n) is 10.1. The van der Waals surface area contributed by atoms with Crippen LogP contribution in [0.15, 0.2) is 0 Å². The smallest absolute Gasteiger partial charge is 0.0826 e. The third-order valence-corrected chi connectivity index (χ3v) is 2.95. The maximum atomic E-state index is 9.16. The minimum Gasteiger partial charge on any atom is -0.395 e. The number of morpholine rings is 1. The van der Waals surface area contributed by atoms with E-state index >= 15 is 0 Å². The quantitative estimate of drug-likeness (QED) is 0.675. The summed E-state index contributed by atoms with van der Waals surface area (Å²) in [7, 11) is 2.11. The molecule has 1 saturated heterocycles. The largest absolute Gasteiger partial charge is 0.395 e. The lowest BCUT2D eigenvalue weighted by molar-refractivity contribution is -0.0207. The summed E-state index contributed by atoms with van der Waals surface area (Å²) in [4.78, 5) is 2.28. The Hall–Kier alpha value is -0.160. The van der Waals surface area contributed by atoms with Gasteiger partial charge in [0.1, 0.15) is 0 Å². The lowest BCUT2D eigenvalue weighted by atomic mass is 10.1. The second-order valence-corrected chi connectivity index (χ2v) is 4.70. The van der Waals surface area contributed by atoms with E-state index in [-0.39, 0.29) is 18.8 Å². The molecular weight excluding hydrogens is 192 g/mol. The predicted molar refractivity (Wildman–Crippen MR) is 61.0 cm³/mol. The monoisotopic (exact) mass is 216 g/mol. The molecule has 0 aromatic heterocycles. The van der Waals surface area contributed by atoms with E-state index in [0.29, 0.717) is 5.92 Å². The van der Waals surface area contributed by atoms with Crippen LogP contribution in [0.5, 0.6) is 0 Å². The number of nitrogens with one attached hydrogen (secondary N) is 1. The SMILES string of the molecule is CC(C)[C@@H](CO)NCC1CN(C)CCO1. The molecule has 0 spiro atoms. The minimum atomic E-state index is 0.181. The molecule has 4 nitrogen and oxygen atoms in total. The van der Waals surface area contributed by atoms with E-state index in [9.17, 15) is 0 Å². The molecule has 4 heteroatoms. The molecule has 1 aliphatic rings. The van der Waals surface area contributed by atoms with Crippen molar-refractivity contribution in [2.45, 2.75) is 26.0 Å². The molecule has 1 unspecified atom stereocenters. The number of aliphatic hydroxyl groups excluding tert-OH is 1. The van der Waals surface area contributed by atoms with Crippen LogP contribution >= 0.6 is 0 Å². The molecule has 1 heterocycles. The highest BCUT2D eigenvalue weighted by Gasteiger charge is 2.19. The average Bonchev–Trinajstić information content (AvgIpc) is 2.18. The molecule has 0 bridgehead atoms. The van der Waals surface area contributed by atoms with Gasteiger partial charge in [0.05, 0.1) is 19.3 Å². The Kier molecular flexibility index (Phi) is 5.53. The van der Waals surface area contributed by atoms with Gasteiger partial charge in [-0.1, -0.05) is 13.8 Å². The van der Waals surface area contributed by atoms with Crippen molar-refractivity contribution >= 4 is 0 Å². The number of aliphatic hydroxyl groups is 1. The average molecular weight is 216 g/mol. The molecule has 2 N–H and O–H groups in total. The molecule has 90 valence electrons. The van der Waals surface area contributed by atoms with Gasteiger partial charge in [0.25, 0.3) is 0 Å². The van der Waals surface area contributed by atoms with Gasteiger partial charge in [0.15, 0.2) is 0 Å². The first kappa shape index (κ1) is 12.9. The van der Waals surface area contributed by atoms with Crippen LogP contribution in [0.2, 0.25) is 0 Å². The highest BCUT2D eigenvalue weighted by Crippen LogP contribution is 2.04. The van der Waals surface area contributed by atoms with Crippen LogP contribution in [0.1, 0.15) is 13.8 Å². The molecule has 0 radical (unpaired) electrons. The topological polar surface area (TPSA) is 44.7 Å². The van der Waals surface area contributed by atoms with E-state index in [1.165, 1.54) is 0 Å². The van der Waals surface area contributed by atoms with Crippen molar-refractivity contribution in [3.05, 3.63) is 0 Å². The maximum Gasteiger partial charge on any atom is 0.0826 e. The van der Waals surface area contributed by atoms with Gasteiger partial charge in [0.2, 0.25) is 0 Å². The summed E-state index contributed by atoms with van der Waals surface area (Å²) < 4.78 is 5.64. The number of hydrogen-bond acceptors (Lipinski definition) is 4. The summed E-state index contributed by atoms with van der Waals surface area (Å²) in [6, 6.07) is 0.181. The highest BCUT2D eigenvalue weighted by atomic mass is 16.5. The van der Waals surface area contributed by atoms with Crippen LogP contribution in [0.3, 0.4) is 0 Å². The van der Waals surface area contributed by atoms with E-state index in [0.717, 1.165) is 26.2 Å². The summed E-state index contributed by atoms with van der Waals surface area (Å²) >= 11 is 0. The fraction of sp³-hybridized carbons (Fsp3) is 1.00. The second-order valence-electron chi connectivity index (χ2n) is 4.70. The number of likely N-dealkylation sites (N-methyl/N-ethyl adjacent to an activating group) is 1. The van der Waals surface area contributed by atoms with E-state index in [1.807, 2.05) is 0 Å². The van der Waals surface area contributed by atoms with Crippen molar-refractivity contribution < 1.29 is 9.84 Å². The highest BCUT2D eigenvalue weighted by molar-refractivity contribution is 4.75. The molecule has 0 amide bonds. The Labute approximate surface area is 92.6 Å². The Morgan fingerprint density at radius 1 is 1.53 bits per heavy atom. The Morgan fingerprint density at radius 2 is 2.27 bits per heavy atom. The fourth-order valence-electron chi connectivity index (χ4n) is 1.78. The molecule has 0 aromatic rings. The van der Waals surface area contributed by atoms with Crippen LogP contribution in [0, 0.1) is 5.92 Å². The molecule has 1 rings (SSSR count). The predicted octanol–water partition coefficient (Wildman–Crippen LogP) is -0.0765. The Bertz CT molecular complexity index is 176. The molecule has 1 fully saturated rings. The summed E-state index contributed by atoms with van der Waals surface area (Å²) in [6.45, 7) is 8.05. The maximum absolute atomic E-state index is 9.16. The lowest BCUT2D eigenvalue weighted by Crippen LogP contribution is -2.48. The summed E-state index contributed by atoms with van der Waals surface area (Å²) in [5.74, 6) is 0.455. The number of hydrogen-bond donors (Lipinski definition) is 2. The zero-order valence-corrected chi connectivity index (χ0v) is 10.1. The first-order valence-electron chi connectivity index (χ1n) is 5.78. The van der Waals surface area contributed by atoms with Gasteiger partial charge in [-0.25, -0.2) is 0 Å². The van der Waals surface area contributed by atoms with Crippen molar-refractivity contribution in [1.29, 1.82) is 0 Å². The molecule has 0 aliphatic carbocycles. The van der Waals surface area contributed by atoms with Crippen LogP contribution in [0.4, 0.5) is 0 Å². The summed E-state index contributed by atoms with van der Waals surface area (Å²) in [5, 5.41) is 12.5. The lowest BCUT2D eigenvalue weighted by Gasteiger charge is -2.31. The van der Waals surface area contributed by atoms with Gasteiger partial charge in [0, 0.05) is 25.7 Å². The van der Waals surface area contributed by atoms with Gasteiger partial charge in [-0.15, -0.1) is 0 Å². The van der Waals surface area contributed by atoms with Crippen LogP contribution in [-0.2, 0) is 4.74 Å². The van der Waals surface area contributed by atoms with Gasteiger partial charge in [-0.05, 0) is 13.0 Å². The molecule has 2 atom stereocenters. The second kappa shape index (κ2) is 6.43. The van der Waals surface area contributed by atoms with E-state index in [1.54, 1.807) is 0 Å². The van der Waals surface area contributed by atoms with Crippen molar-refractivity contribution in [2.24, 2.45) is 5.92 Å². The fourth-order valence-corrected chi connectivity index (χ4v) is 1.78. The molecule has 0 saturated carbocycles. The minimum absolute atomic E-state index is 0.181. The van der Waals surface area contributed by atoms with Crippen LogP contribution < -0.4 is 5.32 Å². The van der Waals surface area contributed by atoms with Gasteiger partial charge in [-0.2, -0.15) is 0 Å². The molecule has 0 aromatic carbocycles. The third kappa shape index (κ3) is 4.47. The normalized spacial score (nSPS) is 25.8. The number of rotatable bonds is 5. The summed E-state index contributed by atoms with van der Waals surface area (Å²) in [6.07, 6.45) is 0.261. The standard InChI is InChI=1S/C11H24N2O2/c1-9(2)11(8-14)12-6-10-7-13(3)4-5-15-10/h9-12,14H,4-8H2,1-3H3/t10?,11-/m1/s1. The number of nitrogens with zero attached hydrogens (tertiary/aromatic N) is 1.